The highest BCUT2D eigenvalue weighted by Crippen LogP contribution is 2.65. The van der Waals surface area contributed by atoms with Gasteiger partial charge in [0.25, 0.3) is 17.7 Å². The average molecular weight is 852 g/mol. The van der Waals surface area contributed by atoms with Crippen molar-refractivity contribution in [3.05, 3.63) is 88.7 Å². The summed E-state index contributed by atoms with van der Waals surface area (Å²) in [7, 11) is 0. The molecule has 2 aromatic carbocycles. The van der Waals surface area contributed by atoms with Gasteiger partial charge < -0.3 is 20.3 Å². The number of piperidine rings is 2. The first kappa shape index (κ1) is 41.9. The lowest BCUT2D eigenvalue weighted by Gasteiger charge is -2.63. The van der Waals surface area contributed by atoms with Gasteiger partial charge in [0.05, 0.1) is 33.5 Å². The summed E-state index contributed by atoms with van der Waals surface area (Å²) in [5.74, 6) is -0.522. The van der Waals surface area contributed by atoms with Crippen LogP contribution in [0.3, 0.4) is 0 Å². The molecule has 0 spiro atoms. The number of nitrogens with zero attached hydrogens (tertiary/aromatic N) is 7. The highest BCUT2D eigenvalue weighted by Gasteiger charge is 2.65. The average Bonchev–Trinajstić information content (AvgIpc) is 3.52. The van der Waals surface area contributed by atoms with Crippen molar-refractivity contribution in [3.63, 3.8) is 0 Å². The van der Waals surface area contributed by atoms with Crippen LogP contribution in [0, 0.1) is 28.1 Å². The van der Waals surface area contributed by atoms with Gasteiger partial charge in [0.2, 0.25) is 11.8 Å². The van der Waals surface area contributed by atoms with E-state index in [-0.39, 0.29) is 30.4 Å². The van der Waals surface area contributed by atoms with Gasteiger partial charge in [-0.2, -0.15) is 5.26 Å². The first-order valence-electron chi connectivity index (χ1n) is 22.0. The third-order valence-electron chi connectivity index (χ3n) is 14.3. The predicted molar refractivity (Wildman–Crippen MR) is 235 cm³/mol. The minimum absolute atomic E-state index is 0.0854. The minimum atomic E-state index is -0.982. The third-order valence-corrected chi connectivity index (χ3v) is 14.3. The van der Waals surface area contributed by atoms with Crippen LogP contribution in [0.5, 0.6) is 5.75 Å². The van der Waals surface area contributed by atoms with Crippen LogP contribution in [-0.4, -0.2) is 107 Å². The fourth-order valence-electron chi connectivity index (χ4n) is 11.4. The van der Waals surface area contributed by atoms with E-state index in [0.29, 0.717) is 39.6 Å². The van der Waals surface area contributed by atoms with Crippen LogP contribution in [-0.2, 0) is 9.59 Å². The molecule has 326 valence electrons. The number of piperazine rings is 1. The summed E-state index contributed by atoms with van der Waals surface area (Å²) in [6, 6.07) is 17.7. The van der Waals surface area contributed by atoms with Crippen LogP contribution in [0.25, 0.3) is 10.9 Å². The molecule has 1 aliphatic carbocycles. The maximum atomic E-state index is 13.4. The van der Waals surface area contributed by atoms with Gasteiger partial charge in [0.15, 0.2) is 0 Å². The zero-order chi connectivity index (χ0) is 44.4. The second-order valence-corrected chi connectivity index (χ2v) is 18.9. The Kier molecular flexibility index (Phi) is 10.7. The zero-order valence-electron chi connectivity index (χ0n) is 36.2. The summed E-state index contributed by atoms with van der Waals surface area (Å²) in [6.07, 6.45) is 4.83. The molecule has 5 aliphatic rings. The Labute approximate surface area is 366 Å². The van der Waals surface area contributed by atoms with Gasteiger partial charge >= 0.3 is 0 Å². The molecule has 4 aromatic rings. The summed E-state index contributed by atoms with van der Waals surface area (Å²) in [6.45, 7) is 14.7. The molecule has 1 unspecified atom stereocenters. The van der Waals surface area contributed by atoms with Crippen molar-refractivity contribution in [2.75, 3.05) is 55.6 Å². The Balaban J connectivity index is 0.795. The number of anilines is 2. The number of rotatable bonds is 10. The summed E-state index contributed by atoms with van der Waals surface area (Å²) in [5, 5.41) is 12.7. The number of primary amides is 1. The van der Waals surface area contributed by atoms with Crippen molar-refractivity contribution in [3.8, 4) is 11.8 Å². The molecule has 3 N–H and O–H groups in total. The van der Waals surface area contributed by atoms with Gasteiger partial charge in [-0.25, -0.2) is 4.98 Å². The first-order chi connectivity index (χ1) is 30.2. The van der Waals surface area contributed by atoms with Gasteiger partial charge in [0.1, 0.15) is 29.8 Å². The Morgan fingerprint density at radius 3 is 2.32 bits per heavy atom. The van der Waals surface area contributed by atoms with E-state index in [2.05, 4.69) is 58.8 Å². The van der Waals surface area contributed by atoms with Crippen LogP contribution in [0.4, 0.5) is 11.5 Å². The topological polar surface area (TPSA) is 195 Å². The molecule has 15 nitrogen and oxygen atoms in total. The smallest absolute Gasteiger partial charge is 0.262 e. The van der Waals surface area contributed by atoms with Crippen LogP contribution >= 0.6 is 0 Å². The number of ether oxygens (including phenoxy) is 1. The zero-order valence-corrected chi connectivity index (χ0v) is 36.2. The number of imide groups is 2. The molecule has 1 atom stereocenters. The lowest BCUT2D eigenvalue weighted by atomic mass is 9.44. The van der Waals surface area contributed by atoms with Crippen molar-refractivity contribution < 1.29 is 28.7 Å². The van der Waals surface area contributed by atoms with E-state index in [1.165, 1.54) is 0 Å². The number of nitrogens with two attached hydrogens (primary N) is 1. The summed E-state index contributed by atoms with van der Waals surface area (Å²) in [5.41, 5.74) is 8.86. The van der Waals surface area contributed by atoms with Gasteiger partial charge in [0, 0.05) is 79.7 Å². The highest BCUT2D eigenvalue weighted by atomic mass is 16.5. The molecular formula is C48H53N9O6. The van der Waals surface area contributed by atoms with E-state index < -0.39 is 46.4 Å². The first-order valence-corrected chi connectivity index (χ1v) is 22.0. The predicted octanol–water partition coefficient (Wildman–Crippen LogP) is 5.03. The van der Waals surface area contributed by atoms with Crippen LogP contribution < -0.4 is 25.6 Å². The number of benzene rings is 2. The van der Waals surface area contributed by atoms with Crippen LogP contribution in [0.15, 0.2) is 60.8 Å². The molecule has 6 heterocycles. The van der Waals surface area contributed by atoms with Crippen molar-refractivity contribution >= 4 is 51.9 Å². The number of pyridine rings is 2. The lowest BCUT2D eigenvalue weighted by Crippen LogP contribution is -2.64. The van der Waals surface area contributed by atoms with E-state index in [0.717, 1.165) is 86.9 Å². The standard InChI is InChI=1S/C48H53N9O6/c1-47(2)41(48(3,4)46(47)63-36-12-7-29(27-49)39-32(36)6-5-18-51-39)40-33(42(50)59)10-13-37(52-40)56-20-16-28(17-21-56)15-19-54-22-24-55(25-23-54)30-8-9-31-34(26-30)45(62)57(44(31)61)35-11-14-38(58)53-43(35)60/h5-10,12-13,18,26,28,35,41,46H,11,14-17,19-25H2,1-4H3,(H2,50,59)(H,53,58,60). The number of nitrogens with one attached hydrogen (secondary N) is 1. The molecule has 2 aromatic heterocycles. The van der Waals surface area contributed by atoms with Gasteiger partial charge in [-0.15, -0.1) is 0 Å². The summed E-state index contributed by atoms with van der Waals surface area (Å²) < 4.78 is 6.79. The lowest BCUT2D eigenvalue weighted by molar-refractivity contribution is -0.161. The normalized spacial score (nSPS) is 23.6. The van der Waals surface area contributed by atoms with Crippen LogP contribution in [0.1, 0.15) is 108 Å². The number of hydrogen-bond acceptors (Lipinski definition) is 12. The van der Waals surface area contributed by atoms with Gasteiger partial charge in [-0.3, -0.25) is 44.1 Å². The number of fused-ring (bicyclic) bond motifs is 2. The van der Waals surface area contributed by atoms with Crippen molar-refractivity contribution in [2.45, 2.75) is 77.9 Å². The maximum Gasteiger partial charge on any atom is 0.262 e. The third kappa shape index (κ3) is 7.33. The molecule has 4 aliphatic heterocycles. The van der Waals surface area contributed by atoms with Gasteiger partial charge in [-0.1, -0.05) is 27.7 Å². The minimum Gasteiger partial charge on any atom is -0.489 e. The molecule has 15 heteroatoms. The van der Waals surface area contributed by atoms with E-state index >= 15 is 0 Å². The monoisotopic (exact) mass is 851 g/mol. The summed E-state index contributed by atoms with van der Waals surface area (Å²) in [4.78, 5) is 81.3. The Hall–Kier alpha value is -6.40. The second kappa shape index (κ2) is 16.1. The van der Waals surface area contributed by atoms with Gasteiger partial charge in [-0.05, 0) is 92.7 Å². The fourth-order valence-corrected chi connectivity index (χ4v) is 11.4. The van der Waals surface area contributed by atoms with E-state index in [1.54, 1.807) is 24.4 Å². The molecule has 5 amide bonds. The highest BCUT2D eigenvalue weighted by molar-refractivity contribution is 6.23. The molecule has 63 heavy (non-hydrogen) atoms. The molecule has 9 rings (SSSR count). The molecule has 1 saturated carbocycles. The molecule has 4 fully saturated rings. The number of aromatic nitrogens is 2. The summed E-state index contributed by atoms with van der Waals surface area (Å²) >= 11 is 0. The molecule has 3 saturated heterocycles. The fraction of sp³-hybridized carbons (Fsp3) is 0.458. The number of carbonyl (C=O) groups is 5. The maximum absolute atomic E-state index is 13.4. The van der Waals surface area contributed by atoms with E-state index in [4.69, 9.17) is 15.5 Å². The Morgan fingerprint density at radius 1 is 0.889 bits per heavy atom. The van der Waals surface area contributed by atoms with Crippen molar-refractivity contribution in [1.82, 2.24) is 25.1 Å². The molecular weight excluding hydrogens is 799 g/mol. The molecule has 0 radical (unpaired) electrons. The van der Waals surface area contributed by atoms with E-state index in [1.807, 2.05) is 36.4 Å². The second-order valence-electron chi connectivity index (χ2n) is 18.9. The quantitative estimate of drug-likeness (QED) is 0.203. The number of amides is 5. The number of nitriles is 1. The van der Waals surface area contributed by atoms with Crippen molar-refractivity contribution in [1.29, 1.82) is 5.26 Å². The SMILES string of the molecule is CC1(C)C(Oc2ccc(C#N)c3ncccc23)C(C)(C)C1c1nc(N2CCC(CCN3CCN(c4ccc5c(c4)C(=O)N(C4CCC(=O)NC4=O)C5=O)CC3)CC2)ccc1C(N)=O. The number of hydrogen-bond donors (Lipinski definition) is 2. The van der Waals surface area contributed by atoms with Crippen LogP contribution in [0.2, 0.25) is 0 Å². The van der Waals surface area contributed by atoms with Crippen molar-refractivity contribution in [2.24, 2.45) is 22.5 Å². The number of carbonyl (C=O) groups excluding carboxylic acids is 5. The van der Waals surface area contributed by atoms with E-state index in [9.17, 15) is 29.2 Å². The largest absolute Gasteiger partial charge is 0.489 e. The molecule has 0 bridgehead atoms. The Morgan fingerprint density at radius 2 is 1.62 bits per heavy atom. The Bertz CT molecular complexity index is 2570.